The van der Waals surface area contributed by atoms with Crippen LogP contribution < -0.4 is 5.32 Å². The molecule has 0 unspecified atom stereocenters. The number of amides is 2. The van der Waals surface area contributed by atoms with Gasteiger partial charge in [0.05, 0.1) is 29.0 Å². The van der Waals surface area contributed by atoms with Crippen LogP contribution in [-0.2, 0) is 4.74 Å². The number of hydrogen-bond donors (Lipinski definition) is 1. The first-order chi connectivity index (χ1) is 12.5. The van der Waals surface area contributed by atoms with E-state index in [0.29, 0.717) is 24.3 Å². The Balaban J connectivity index is 1.83. The highest BCUT2D eigenvalue weighted by Crippen LogP contribution is 2.21. The SMILES string of the molecule is C[C@H]1CN(C(=O)c2ccccc2NC(=O)c2ccccc2F)C[C@H](C)O1. The van der Waals surface area contributed by atoms with E-state index in [1.54, 1.807) is 35.2 Å². The molecule has 3 rings (SSSR count). The predicted octanol–water partition coefficient (Wildman–Crippen LogP) is 3.33. The van der Waals surface area contributed by atoms with Gasteiger partial charge in [-0.05, 0) is 38.1 Å². The van der Waals surface area contributed by atoms with Gasteiger partial charge in [0.2, 0.25) is 0 Å². The third kappa shape index (κ3) is 3.91. The highest BCUT2D eigenvalue weighted by molar-refractivity contribution is 6.09. The fourth-order valence-electron chi connectivity index (χ4n) is 3.13. The Bertz CT molecular complexity index is 814. The maximum Gasteiger partial charge on any atom is 0.258 e. The molecule has 136 valence electrons. The van der Waals surface area contributed by atoms with Crippen LogP contribution in [0.1, 0.15) is 34.6 Å². The zero-order valence-corrected chi connectivity index (χ0v) is 14.7. The molecule has 1 N–H and O–H groups in total. The molecule has 1 aliphatic heterocycles. The molecular formula is C20H21FN2O3. The standard InChI is InChI=1S/C20H21FN2O3/c1-13-11-23(12-14(2)26-13)20(25)16-8-4-6-10-18(16)22-19(24)15-7-3-5-9-17(15)21/h3-10,13-14H,11-12H2,1-2H3,(H,22,24)/t13-,14-/m0/s1. The summed E-state index contributed by atoms with van der Waals surface area (Å²) in [6, 6.07) is 12.5. The molecule has 1 fully saturated rings. The number of halogens is 1. The molecule has 0 bridgehead atoms. The molecule has 5 nitrogen and oxygen atoms in total. The Morgan fingerprint density at radius 1 is 1.00 bits per heavy atom. The van der Waals surface area contributed by atoms with Crippen LogP contribution in [0.5, 0.6) is 0 Å². The van der Waals surface area contributed by atoms with E-state index in [-0.39, 0.29) is 23.7 Å². The van der Waals surface area contributed by atoms with Crippen molar-refractivity contribution in [2.24, 2.45) is 0 Å². The number of rotatable bonds is 3. The van der Waals surface area contributed by atoms with Gasteiger partial charge in [0.1, 0.15) is 5.82 Å². The van der Waals surface area contributed by atoms with E-state index >= 15 is 0 Å². The van der Waals surface area contributed by atoms with Crippen molar-refractivity contribution >= 4 is 17.5 Å². The lowest BCUT2D eigenvalue weighted by Crippen LogP contribution is -2.48. The summed E-state index contributed by atoms with van der Waals surface area (Å²) in [5.41, 5.74) is 0.666. The molecule has 6 heteroatoms. The minimum Gasteiger partial charge on any atom is -0.372 e. The molecule has 2 aromatic carbocycles. The van der Waals surface area contributed by atoms with Crippen LogP contribution in [-0.4, -0.2) is 42.0 Å². The zero-order valence-electron chi connectivity index (χ0n) is 14.7. The number of benzene rings is 2. The minimum absolute atomic E-state index is 0.0529. The number of anilines is 1. The first-order valence-electron chi connectivity index (χ1n) is 8.55. The maximum atomic E-state index is 13.8. The van der Waals surface area contributed by atoms with Crippen LogP contribution in [0, 0.1) is 5.82 Å². The fourth-order valence-corrected chi connectivity index (χ4v) is 3.13. The summed E-state index contributed by atoms with van der Waals surface area (Å²) in [5.74, 6) is -1.38. The first-order valence-corrected chi connectivity index (χ1v) is 8.55. The van der Waals surface area contributed by atoms with Crippen LogP contribution in [0.3, 0.4) is 0 Å². The number of morpholine rings is 1. The minimum atomic E-state index is -0.607. The van der Waals surface area contributed by atoms with Gasteiger partial charge in [-0.2, -0.15) is 0 Å². The maximum absolute atomic E-state index is 13.8. The number of carbonyl (C=O) groups is 2. The van der Waals surface area contributed by atoms with E-state index in [1.165, 1.54) is 18.2 Å². The third-order valence-corrected chi connectivity index (χ3v) is 4.23. The average Bonchev–Trinajstić information content (AvgIpc) is 2.61. The van der Waals surface area contributed by atoms with E-state index in [0.717, 1.165) is 0 Å². The molecule has 2 atom stereocenters. The Morgan fingerprint density at radius 2 is 1.58 bits per heavy atom. The topological polar surface area (TPSA) is 58.6 Å². The molecule has 0 radical (unpaired) electrons. The van der Waals surface area contributed by atoms with Crippen molar-refractivity contribution in [1.29, 1.82) is 0 Å². The van der Waals surface area contributed by atoms with E-state index in [2.05, 4.69) is 5.32 Å². The van der Waals surface area contributed by atoms with Gasteiger partial charge in [0.25, 0.3) is 11.8 Å². The lowest BCUT2D eigenvalue weighted by molar-refractivity contribution is -0.0585. The summed E-state index contributed by atoms with van der Waals surface area (Å²) in [5, 5.41) is 2.65. The Hall–Kier alpha value is -2.73. The second kappa shape index (κ2) is 7.66. The molecule has 0 aromatic heterocycles. The Labute approximate surface area is 151 Å². The Morgan fingerprint density at radius 3 is 2.23 bits per heavy atom. The lowest BCUT2D eigenvalue weighted by atomic mass is 10.1. The molecule has 1 aliphatic rings. The van der Waals surface area contributed by atoms with Crippen LogP contribution in [0.2, 0.25) is 0 Å². The van der Waals surface area contributed by atoms with Crippen molar-refractivity contribution in [3.8, 4) is 0 Å². The Kier molecular flexibility index (Phi) is 5.32. The summed E-state index contributed by atoms with van der Waals surface area (Å²) in [7, 11) is 0. The number of ether oxygens (including phenoxy) is 1. The quantitative estimate of drug-likeness (QED) is 0.918. The number of carbonyl (C=O) groups excluding carboxylic acids is 2. The van der Waals surface area contributed by atoms with Gasteiger partial charge in [-0.3, -0.25) is 9.59 Å². The molecule has 0 spiro atoms. The second-order valence-corrected chi connectivity index (χ2v) is 6.45. The van der Waals surface area contributed by atoms with Crippen LogP contribution in [0.4, 0.5) is 10.1 Å². The summed E-state index contributed by atoms with van der Waals surface area (Å²) < 4.78 is 19.5. The van der Waals surface area contributed by atoms with Gasteiger partial charge < -0.3 is 15.0 Å². The second-order valence-electron chi connectivity index (χ2n) is 6.45. The van der Waals surface area contributed by atoms with Crippen molar-refractivity contribution in [1.82, 2.24) is 4.90 Å². The molecular weight excluding hydrogens is 335 g/mol. The smallest absolute Gasteiger partial charge is 0.258 e. The van der Waals surface area contributed by atoms with Gasteiger partial charge in [0.15, 0.2) is 0 Å². The van der Waals surface area contributed by atoms with Gasteiger partial charge >= 0.3 is 0 Å². The molecule has 0 saturated carbocycles. The van der Waals surface area contributed by atoms with E-state index in [1.807, 2.05) is 13.8 Å². The normalized spacial score (nSPS) is 19.9. The predicted molar refractivity (Wildman–Crippen MR) is 96.7 cm³/mol. The van der Waals surface area contributed by atoms with Crippen molar-refractivity contribution in [3.05, 3.63) is 65.5 Å². The third-order valence-electron chi connectivity index (χ3n) is 4.23. The average molecular weight is 356 g/mol. The highest BCUT2D eigenvalue weighted by Gasteiger charge is 2.28. The first kappa shape index (κ1) is 18.1. The van der Waals surface area contributed by atoms with Crippen LogP contribution >= 0.6 is 0 Å². The highest BCUT2D eigenvalue weighted by atomic mass is 19.1. The molecule has 2 aromatic rings. The van der Waals surface area contributed by atoms with Crippen LogP contribution in [0.15, 0.2) is 48.5 Å². The molecule has 1 heterocycles. The fraction of sp³-hybridized carbons (Fsp3) is 0.300. The number of nitrogens with zero attached hydrogens (tertiary/aromatic N) is 1. The zero-order chi connectivity index (χ0) is 18.7. The van der Waals surface area contributed by atoms with E-state index in [9.17, 15) is 14.0 Å². The molecule has 26 heavy (non-hydrogen) atoms. The molecule has 1 saturated heterocycles. The van der Waals surface area contributed by atoms with Crippen molar-refractivity contribution < 1.29 is 18.7 Å². The van der Waals surface area contributed by atoms with Crippen molar-refractivity contribution in [2.75, 3.05) is 18.4 Å². The van der Waals surface area contributed by atoms with Crippen molar-refractivity contribution in [2.45, 2.75) is 26.1 Å². The number of hydrogen-bond acceptors (Lipinski definition) is 3. The molecule has 0 aliphatic carbocycles. The van der Waals surface area contributed by atoms with Gasteiger partial charge in [-0.25, -0.2) is 4.39 Å². The molecule has 2 amide bonds. The van der Waals surface area contributed by atoms with Gasteiger partial charge in [-0.1, -0.05) is 24.3 Å². The van der Waals surface area contributed by atoms with E-state index < -0.39 is 11.7 Å². The summed E-state index contributed by atoms with van der Waals surface area (Å²) in [6.07, 6.45) is -0.106. The van der Waals surface area contributed by atoms with Gasteiger partial charge in [0, 0.05) is 13.1 Å². The summed E-state index contributed by atoms with van der Waals surface area (Å²) >= 11 is 0. The van der Waals surface area contributed by atoms with Crippen molar-refractivity contribution in [3.63, 3.8) is 0 Å². The van der Waals surface area contributed by atoms with E-state index in [4.69, 9.17) is 4.74 Å². The summed E-state index contributed by atoms with van der Waals surface area (Å²) in [4.78, 5) is 27.1. The number of para-hydroxylation sites is 1. The number of nitrogens with one attached hydrogen (secondary N) is 1. The largest absolute Gasteiger partial charge is 0.372 e. The van der Waals surface area contributed by atoms with Gasteiger partial charge in [-0.15, -0.1) is 0 Å². The summed E-state index contributed by atoms with van der Waals surface area (Å²) in [6.45, 7) is 4.81. The monoisotopic (exact) mass is 356 g/mol. The van der Waals surface area contributed by atoms with Crippen LogP contribution in [0.25, 0.3) is 0 Å². The lowest BCUT2D eigenvalue weighted by Gasteiger charge is -2.35.